The van der Waals surface area contributed by atoms with Crippen LogP contribution >= 0.6 is 0 Å². The summed E-state index contributed by atoms with van der Waals surface area (Å²) in [5, 5.41) is 3.08. The Bertz CT molecular complexity index is 680. The summed E-state index contributed by atoms with van der Waals surface area (Å²) in [5.74, 6) is 1.10. The third kappa shape index (κ3) is 3.39. The standard InChI is InChI=1S/C18H25N3O2/c1-3-17-14(7-6-12-23-17)18(22)19-10-11-21-13(2)20-15-8-4-5-9-16(15)21/h4-5,8-9,14,17H,3,6-7,10-12H2,1-2H3,(H,19,22)/t14-,17+/m1/s1. The zero-order valence-electron chi connectivity index (χ0n) is 13.9. The van der Waals surface area contributed by atoms with E-state index in [-0.39, 0.29) is 17.9 Å². The topological polar surface area (TPSA) is 56.1 Å². The lowest BCUT2D eigenvalue weighted by Gasteiger charge is -2.30. The molecule has 1 aliphatic heterocycles. The molecular weight excluding hydrogens is 290 g/mol. The van der Waals surface area contributed by atoms with Gasteiger partial charge < -0.3 is 14.6 Å². The van der Waals surface area contributed by atoms with Crippen molar-refractivity contribution < 1.29 is 9.53 Å². The monoisotopic (exact) mass is 315 g/mol. The number of aromatic nitrogens is 2. The van der Waals surface area contributed by atoms with Crippen molar-refractivity contribution in [1.82, 2.24) is 14.9 Å². The van der Waals surface area contributed by atoms with E-state index in [9.17, 15) is 4.79 Å². The normalized spacial score (nSPS) is 21.5. The molecule has 2 atom stereocenters. The summed E-state index contributed by atoms with van der Waals surface area (Å²) in [6.45, 7) is 6.22. The Labute approximate surface area is 137 Å². The van der Waals surface area contributed by atoms with E-state index in [1.807, 2.05) is 25.1 Å². The second kappa shape index (κ2) is 7.13. The number of benzene rings is 1. The van der Waals surface area contributed by atoms with Gasteiger partial charge in [-0.3, -0.25) is 4.79 Å². The molecule has 2 heterocycles. The highest BCUT2D eigenvalue weighted by Gasteiger charge is 2.30. The molecule has 1 saturated heterocycles. The lowest BCUT2D eigenvalue weighted by molar-refractivity contribution is -0.134. The van der Waals surface area contributed by atoms with E-state index in [0.717, 1.165) is 49.3 Å². The van der Waals surface area contributed by atoms with Gasteiger partial charge in [-0.2, -0.15) is 0 Å². The average molecular weight is 315 g/mol. The molecule has 2 aromatic rings. The van der Waals surface area contributed by atoms with Crippen LogP contribution in [0.2, 0.25) is 0 Å². The van der Waals surface area contributed by atoms with Gasteiger partial charge in [0.15, 0.2) is 0 Å². The number of imidazole rings is 1. The first-order chi connectivity index (χ1) is 11.2. The molecule has 0 saturated carbocycles. The van der Waals surface area contributed by atoms with Gasteiger partial charge in [-0.1, -0.05) is 19.1 Å². The minimum Gasteiger partial charge on any atom is -0.377 e. The van der Waals surface area contributed by atoms with Gasteiger partial charge in [0, 0.05) is 19.7 Å². The first-order valence-electron chi connectivity index (χ1n) is 8.52. The van der Waals surface area contributed by atoms with Crippen LogP contribution in [0, 0.1) is 12.8 Å². The zero-order valence-corrected chi connectivity index (χ0v) is 13.9. The van der Waals surface area contributed by atoms with E-state index < -0.39 is 0 Å². The molecule has 0 aliphatic carbocycles. The summed E-state index contributed by atoms with van der Waals surface area (Å²) >= 11 is 0. The molecular formula is C18H25N3O2. The fraction of sp³-hybridized carbons (Fsp3) is 0.556. The van der Waals surface area contributed by atoms with Crippen LogP contribution in [0.3, 0.4) is 0 Å². The summed E-state index contributed by atoms with van der Waals surface area (Å²) in [6, 6.07) is 8.10. The molecule has 1 amide bonds. The minimum absolute atomic E-state index is 0.00521. The Morgan fingerprint density at radius 1 is 1.43 bits per heavy atom. The largest absolute Gasteiger partial charge is 0.377 e. The van der Waals surface area contributed by atoms with Crippen LogP contribution < -0.4 is 5.32 Å². The van der Waals surface area contributed by atoms with Gasteiger partial charge in [0.05, 0.1) is 23.1 Å². The molecule has 3 rings (SSSR count). The van der Waals surface area contributed by atoms with Crippen molar-refractivity contribution in [2.45, 2.75) is 45.8 Å². The number of fused-ring (bicyclic) bond motifs is 1. The quantitative estimate of drug-likeness (QED) is 0.923. The minimum atomic E-state index is -0.00521. The van der Waals surface area contributed by atoms with Gasteiger partial charge in [-0.15, -0.1) is 0 Å². The second-order valence-electron chi connectivity index (χ2n) is 6.16. The van der Waals surface area contributed by atoms with Gasteiger partial charge >= 0.3 is 0 Å². The Kier molecular flexibility index (Phi) is 4.96. The Morgan fingerprint density at radius 3 is 3.09 bits per heavy atom. The molecule has 5 nitrogen and oxygen atoms in total. The zero-order chi connectivity index (χ0) is 16.2. The van der Waals surface area contributed by atoms with E-state index in [1.54, 1.807) is 0 Å². The lowest BCUT2D eigenvalue weighted by atomic mass is 9.92. The molecule has 1 N–H and O–H groups in total. The van der Waals surface area contributed by atoms with Crippen LogP contribution in [-0.4, -0.2) is 34.7 Å². The SMILES string of the molecule is CC[C@@H]1OCCC[C@H]1C(=O)NCCn1c(C)nc2ccccc21. The van der Waals surface area contributed by atoms with E-state index in [1.165, 1.54) is 0 Å². The summed E-state index contributed by atoms with van der Waals surface area (Å²) < 4.78 is 7.87. The average Bonchev–Trinajstić information content (AvgIpc) is 2.90. The number of para-hydroxylation sites is 2. The van der Waals surface area contributed by atoms with E-state index in [4.69, 9.17) is 4.74 Å². The summed E-state index contributed by atoms with van der Waals surface area (Å²) in [4.78, 5) is 17.0. The van der Waals surface area contributed by atoms with Crippen molar-refractivity contribution in [3.63, 3.8) is 0 Å². The molecule has 0 unspecified atom stereocenters. The van der Waals surface area contributed by atoms with E-state index >= 15 is 0 Å². The van der Waals surface area contributed by atoms with Crippen molar-refractivity contribution in [2.24, 2.45) is 5.92 Å². The Hall–Kier alpha value is -1.88. The maximum atomic E-state index is 12.4. The fourth-order valence-corrected chi connectivity index (χ4v) is 3.44. The van der Waals surface area contributed by atoms with Crippen molar-refractivity contribution in [3.8, 4) is 0 Å². The number of hydrogen-bond acceptors (Lipinski definition) is 3. The number of aryl methyl sites for hydroxylation is 1. The maximum absolute atomic E-state index is 12.4. The molecule has 0 bridgehead atoms. The number of nitrogens with zero attached hydrogens (tertiary/aromatic N) is 2. The maximum Gasteiger partial charge on any atom is 0.225 e. The first-order valence-corrected chi connectivity index (χ1v) is 8.52. The third-order valence-electron chi connectivity index (χ3n) is 4.66. The number of carbonyl (C=O) groups excluding carboxylic acids is 1. The van der Waals surface area contributed by atoms with E-state index in [2.05, 4.69) is 27.9 Å². The molecule has 124 valence electrons. The van der Waals surface area contributed by atoms with E-state index in [0.29, 0.717) is 6.54 Å². The number of rotatable bonds is 5. The predicted molar refractivity (Wildman–Crippen MR) is 90.2 cm³/mol. The predicted octanol–water partition coefficient (Wildman–Crippen LogP) is 2.67. The smallest absolute Gasteiger partial charge is 0.225 e. The molecule has 0 radical (unpaired) electrons. The second-order valence-corrected chi connectivity index (χ2v) is 6.16. The highest BCUT2D eigenvalue weighted by Crippen LogP contribution is 2.23. The number of amides is 1. The number of carbonyl (C=O) groups is 1. The molecule has 1 fully saturated rings. The molecule has 0 spiro atoms. The first kappa shape index (κ1) is 16.0. The van der Waals surface area contributed by atoms with Gasteiger partial charge in [0.25, 0.3) is 0 Å². The van der Waals surface area contributed by atoms with Gasteiger partial charge in [0.2, 0.25) is 5.91 Å². The molecule has 23 heavy (non-hydrogen) atoms. The molecule has 1 aliphatic rings. The van der Waals surface area contributed by atoms with Crippen LogP contribution in [0.15, 0.2) is 24.3 Å². The van der Waals surface area contributed by atoms with Crippen LogP contribution in [0.1, 0.15) is 32.0 Å². The van der Waals surface area contributed by atoms with Crippen molar-refractivity contribution in [2.75, 3.05) is 13.2 Å². The molecule has 1 aromatic heterocycles. The van der Waals surface area contributed by atoms with Crippen molar-refractivity contribution >= 4 is 16.9 Å². The number of ether oxygens (including phenoxy) is 1. The lowest BCUT2D eigenvalue weighted by Crippen LogP contribution is -2.42. The molecule has 5 heteroatoms. The number of hydrogen-bond donors (Lipinski definition) is 1. The van der Waals surface area contributed by atoms with Gasteiger partial charge in [-0.25, -0.2) is 4.98 Å². The highest BCUT2D eigenvalue weighted by molar-refractivity contribution is 5.79. The fourth-order valence-electron chi connectivity index (χ4n) is 3.44. The third-order valence-corrected chi connectivity index (χ3v) is 4.66. The van der Waals surface area contributed by atoms with Crippen LogP contribution in [-0.2, 0) is 16.1 Å². The van der Waals surface area contributed by atoms with Crippen molar-refractivity contribution in [3.05, 3.63) is 30.1 Å². The highest BCUT2D eigenvalue weighted by atomic mass is 16.5. The Balaban J connectivity index is 1.60. The molecule has 1 aromatic carbocycles. The van der Waals surface area contributed by atoms with Gasteiger partial charge in [0.1, 0.15) is 5.82 Å². The summed E-state index contributed by atoms with van der Waals surface area (Å²) in [5.41, 5.74) is 2.12. The number of nitrogens with one attached hydrogen (secondary N) is 1. The van der Waals surface area contributed by atoms with Crippen LogP contribution in [0.4, 0.5) is 0 Å². The summed E-state index contributed by atoms with van der Waals surface area (Å²) in [7, 11) is 0. The van der Waals surface area contributed by atoms with Crippen molar-refractivity contribution in [1.29, 1.82) is 0 Å². The van der Waals surface area contributed by atoms with Gasteiger partial charge in [-0.05, 0) is 38.3 Å². The van der Waals surface area contributed by atoms with Crippen LogP contribution in [0.5, 0.6) is 0 Å². The Morgan fingerprint density at radius 2 is 2.26 bits per heavy atom. The summed E-state index contributed by atoms with van der Waals surface area (Å²) in [6.07, 6.45) is 2.86. The van der Waals surface area contributed by atoms with Crippen LogP contribution in [0.25, 0.3) is 11.0 Å².